The zero-order chi connectivity index (χ0) is 11.1. The molecule has 2 heteroatoms. The highest BCUT2D eigenvalue weighted by Gasteiger charge is 2.11. The van der Waals surface area contributed by atoms with Crippen molar-refractivity contribution in [1.82, 2.24) is 5.32 Å². The quantitative estimate of drug-likeness (QED) is 0.769. The lowest BCUT2D eigenvalue weighted by atomic mass is 10.0. The molecule has 0 aromatic heterocycles. The van der Waals surface area contributed by atoms with Crippen LogP contribution >= 0.6 is 0 Å². The van der Waals surface area contributed by atoms with Crippen LogP contribution < -0.4 is 10.1 Å². The molecule has 1 aliphatic heterocycles. The minimum absolute atomic E-state index is 0.730. The topological polar surface area (TPSA) is 21.3 Å². The van der Waals surface area contributed by atoms with E-state index in [1.54, 1.807) is 0 Å². The van der Waals surface area contributed by atoms with Gasteiger partial charge in [-0.1, -0.05) is 24.6 Å². The molecular formula is C14H21NO. The third kappa shape index (κ3) is 3.86. The first kappa shape index (κ1) is 11.5. The molecule has 1 fully saturated rings. The van der Waals surface area contributed by atoms with Gasteiger partial charge in [-0.05, 0) is 44.4 Å². The molecule has 0 spiro atoms. The molecule has 1 aromatic carbocycles. The average molecular weight is 219 g/mol. The van der Waals surface area contributed by atoms with Gasteiger partial charge in [-0.15, -0.1) is 0 Å². The van der Waals surface area contributed by atoms with Gasteiger partial charge in [0.1, 0.15) is 5.75 Å². The van der Waals surface area contributed by atoms with Crippen molar-refractivity contribution < 1.29 is 4.74 Å². The maximum absolute atomic E-state index is 5.67. The molecule has 0 bridgehead atoms. The Morgan fingerprint density at radius 3 is 2.81 bits per heavy atom. The number of piperidine rings is 1. The zero-order valence-electron chi connectivity index (χ0n) is 9.82. The highest BCUT2D eigenvalue weighted by atomic mass is 16.5. The number of hydrogen-bond donors (Lipinski definition) is 1. The minimum Gasteiger partial charge on any atom is -0.494 e. The van der Waals surface area contributed by atoms with Gasteiger partial charge in [-0.25, -0.2) is 0 Å². The first-order valence-electron chi connectivity index (χ1n) is 6.36. The van der Waals surface area contributed by atoms with Crippen LogP contribution in [0.2, 0.25) is 0 Å². The van der Waals surface area contributed by atoms with Crippen molar-refractivity contribution in [3.8, 4) is 5.75 Å². The maximum atomic E-state index is 5.67. The van der Waals surface area contributed by atoms with Gasteiger partial charge in [0, 0.05) is 6.04 Å². The van der Waals surface area contributed by atoms with Gasteiger partial charge in [0.15, 0.2) is 0 Å². The SMILES string of the molecule is c1ccc(OCCCC2CCCCN2)cc1. The second-order valence-corrected chi connectivity index (χ2v) is 4.45. The van der Waals surface area contributed by atoms with Gasteiger partial charge in [-0.2, -0.15) is 0 Å². The van der Waals surface area contributed by atoms with Crippen molar-refractivity contribution in [3.05, 3.63) is 30.3 Å². The van der Waals surface area contributed by atoms with Crippen LogP contribution in [0, 0.1) is 0 Å². The van der Waals surface area contributed by atoms with E-state index in [0.29, 0.717) is 0 Å². The predicted octanol–water partition coefficient (Wildman–Crippen LogP) is 2.99. The highest BCUT2D eigenvalue weighted by molar-refractivity contribution is 5.20. The van der Waals surface area contributed by atoms with E-state index in [9.17, 15) is 0 Å². The number of ether oxygens (including phenoxy) is 1. The maximum Gasteiger partial charge on any atom is 0.119 e. The van der Waals surface area contributed by atoms with E-state index < -0.39 is 0 Å². The van der Waals surface area contributed by atoms with Crippen molar-refractivity contribution in [3.63, 3.8) is 0 Å². The lowest BCUT2D eigenvalue weighted by Crippen LogP contribution is -2.34. The standard InChI is InChI=1S/C14H21NO/c1-2-9-14(10-3-1)16-12-6-8-13-7-4-5-11-15-13/h1-3,9-10,13,15H,4-8,11-12H2. The van der Waals surface area contributed by atoms with Crippen LogP contribution in [-0.2, 0) is 0 Å². The number of para-hydroxylation sites is 1. The molecule has 1 aromatic rings. The van der Waals surface area contributed by atoms with Crippen LogP contribution in [0.15, 0.2) is 30.3 Å². The Bertz CT molecular complexity index is 280. The van der Waals surface area contributed by atoms with E-state index in [4.69, 9.17) is 4.74 Å². The van der Waals surface area contributed by atoms with Crippen molar-refractivity contribution in [2.75, 3.05) is 13.2 Å². The van der Waals surface area contributed by atoms with Crippen molar-refractivity contribution in [2.45, 2.75) is 38.1 Å². The molecule has 0 amide bonds. The summed E-state index contributed by atoms with van der Waals surface area (Å²) >= 11 is 0. The molecule has 2 nitrogen and oxygen atoms in total. The Labute approximate surface area is 98.0 Å². The van der Waals surface area contributed by atoms with Crippen LogP contribution in [0.5, 0.6) is 5.75 Å². The number of nitrogens with one attached hydrogen (secondary N) is 1. The molecule has 16 heavy (non-hydrogen) atoms. The first-order valence-corrected chi connectivity index (χ1v) is 6.36. The Balaban J connectivity index is 1.58. The summed E-state index contributed by atoms with van der Waals surface area (Å²) in [6.07, 6.45) is 6.46. The number of rotatable bonds is 5. The summed E-state index contributed by atoms with van der Waals surface area (Å²) in [5.41, 5.74) is 0. The minimum atomic E-state index is 0.730. The van der Waals surface area contributed by atoms with Gasteiger partial charge in [0.2, 0.25) is 0 Å². The van der Waals surface area contributed by atoms with Gasteiger partial charge in [0.05, 0.1) is 6.61 Å². The number of hydrogen-bond acceptors (Lipinski definition) is 2. The Morgan fingerprint density at radius 1 is 1.19 bits per heavy atom. The van der Waals surface area contributed by atoms with Crippen LogP contribution in [0.25, 0.3) is 0 Å². The fourth-order valence-corrected chi connectivity index (χ4v) is 2.21. The van der Waals surface area contributed by atoms with Crippen LogP contribution in [0.1, 0.15) is 32.1 Å². The average Bonchev–Trinajstić information content (AvgIpc) is 2.37. The van der Waals surface area contributed by atoms with Crippen LogP contribution in [-0.4, -0.2) is 19.2 Å². The van der Waals surface area contributed by atoms with Gasteiger partial charge in [-0.3, -0.25) is 0 Å². The fourth-order valence-electron chi connectivity index (χ4n) is 2.21. The zero-order valence-corrected chi connectivity index (χ0v) is 9.82. The summed E-state index contributed by atoms with van der Waals surface area (Å²) in [4.78, 5) is 0. The van der Waals surface area contributed by atoms with Crippen molar-refractivity contribution >= 4 is 0 Å². The summed E-state index contributed by atoms with van der Waals surface area (Å²) in [6, 6.07) is 10.8. The second kappa shape index (κ2) is 6.54. The Kier molecular flexibility index (Phi) is 4.69. The Hall–Kier alpha value is -1.02. The summed E-state index contributed by atoms with van der Waals surface area (Å²) in [5.74, 6) is 0.985. The molecule has 0 saturated carbocycles. The third-order valence-corrected chi connectivity index (χ3v) is 3.12. The Morgan fingerprint density at radius 2 is 2.06 bits per heavy atom. The first-order chi connectivity index (χ1) is 7.95. The fraction of sp³-hybridized carbons (Fsp3) is 0.571. The van der Waals surface area contributed by atoms with Crippen LogP contribution in [0.3, 0.4) is 0 Å². The van der Waals surface area contributed by atoms with Crippen molar-refractivity contribution in [2.24, 2.45) is 0 Å². The van der Waals surface area contributed by atoms with Crippen molar-refractivity contribution in [1.29, 1.82) is 0 Å². The predicted molar refractivity (Wildman–Crippen MR) is 66.8 cm³/mol. The van der Waals surface area contributed by atoms with Gasteiger partial charge < -0.3 is 10.1 Å². The summed E-state index contributed by atoms with van der Waals surface area (Å²) < 4.78 is 5.67. The van der Waals surface area contributed by atoms with E-state index in [2.05, 4.69) is 5.32 Å². The van der Waals surface area contributed by atoms with E-state index in [0.717, 1.165) is 24.8 Å². The van der Waals surface area contributed by atoms with E-state index in [1.165, 1.54) is 32.2 Å². The second-order valence-electron chi connectivity index (χ2n) is 4.45. The lowest BCUT2D eigenvalue weighted by Gasteiger charge is -2.23. The summed E-state index contributed by atoms with van der Waals surface area (Å²) in [6.45, 7) is 2.03. The summed E-state index contributed by atoms with van der Waals surface area (Å²) in [7, 11) is 0. The molecule has 1 unspecified atom stereocenters. The molecule has 0 radical (unpaired) electrons. The molecule has 1 heterocycles. The molecule has 0 aliphatic carbocycles. The van der Waals surface area contributed by atoms with Gasteiger partial charge >= 0.3 is 0 Å². The molecule has 1 aliphatic rings. The molecular weight excluding hydrogens is 198 g/mol. The monoisotopic (exact) mass is 219 g/mol. The largest absolute Gasteiger partial charge is 0.494 e. The molecule has 2 rings (SSSR count). The van der Waals surface area contributed by atoms with Gasteiger partial charge in [0.25, 0.3) is 0 Å². The van der Waals surface area contributed by atoms with E-state index in [-0.39, 0.29) is 0 Å². The normalized spacial score (nSPS) is 20.6. The smallest absolute Gasteiger partial charge is 0.119 e. The lowest BCUT2D eigenvalue weighted by molar-refractivity contribution is 0.285. The third-order valence-electron chi connectivity index (χ3n) is 3.12. The molecule has 1 N–H and O–H groups in total. The molecule has 1 saturated heterocycles. The van der Waals surface area contributed by atoms with E-state index in [1.807, 2.05) is 30.3 Å². The molecule has 1 atom stereocenters. The number of benzene rings is 1. The summed E-state index contributed by atoms with van der Waals surface area (Å²) in [5, 5.41) is 3.56. The van der Waals surface area contributed by atoms with E-state index >= 15 is 0 Å². The highest BCUT2D eigenvalue weighted by Crippen LogP contribution is 2.13. The molecule has 88 valence electrons. The van der Waals surface area contributed by atoms with Crippen LogP contribution in [0.4, 0.5) is 0 Å².